The van der Waals surface area contributed by atoms with Gasteiger partial charge in [0.2, 0.25) is 0 Å². The van der Waals surface area contributed by atoms with Gasteiger partial charge in [0, 0.05) is 16.5 Å². The van der Waals surface area contributed by atoms with E-state index in [1.807, 2.05) is 24.4 Å². The molecular formula is C14H17NO2S. The molecule has 0 fully saturated rings. The lowest BCUT2D eigenvalue weighted by Gasteiger charge is -2.16. The van der Waals surface area contributed by atoms with Crippen LogP contribution < -0.4 is 15.2 Å². The Hall–Kier alpha value is -1.52. The highest BCUT2D eigenvalue weighted by molar-refractivity contribution is 7.13. The number of methoxy groups -OCH3 is 2. The van der Waals surface area contributed by atoms with Crippen LogP contribution in [0.5, 0.6) is 11.5 Å². The average Bonchev–Trinajstić information content (AvgIpc) is 2.90. The van der Waals surface area contributed by atoms with Crippen molar-refractivity contribution in [1.82, 2.24) is 0 Å². The van der Waals surface area contributed by atoms with Crippen LogP contribution >= 0.6 is 11.3 Å². The van der Waals surface area contributed by atoms with Gasteiger partial charge in [0.05, 0.1) is 14.2 Å². The van der Waals surface area contributed by atoms with Gasteiger partial charge in [-0.1, -0.05) is 6.07 Å². The van der Waals surface area contributed by atoms with E-state index in [4.69, 9.17) is 15.2 Å². The Bertz CT molecular complexity index is 521. The number of rotatable bonds is 4. The van der Waals surface area contributed by atoms with E-state index < -0.39 is 0 Å². The fourth-order valence-electron chi connectivity index (χ4n) is 1.86. The minimum Gasteiger partial charge on any atom is -0.493 e. The van der Waals surface area contributed by atoms with Crippen LogP contribution in [0.4, 0.5) is 0 Å². The topological polar surface area (TPSA) is 44.5 Å². The molecule has 96 valence electrons. The van der Waals surface area contributed by atoms with E-state index in [0.29, 0.717) is 0 Å². The van der Waals surface area contributed by atoms with Gasteiger partial charge in [-0.15, -0.1) is 11.3 Å². The van der Waals surface area contributed by atoms with E-state index in [1.165, 1.54) is 0 Å². The molecule has 0 aliphatic rings. The molecule has 0 bridgehead atoms. The minimum atomic E-state index is -0.0384. The molecular weight excluding hydrogens is 246 g/mol. The number of nitrogens with two attached hydrogens (primary N) is 1. The largest absolute Gasteiger partial charge is 0.493 e. The summed E-state index contributed by atoms with van der Waals surface area (Å²) in [5.41, 5.74) is 8.02. The van der Waals surface area contributed by atoms with Gasteiger partial charge >= 0.3 is 0 Å². The molecule has 0 aliphatic heterocycles. The Kier molecular flexibility index (Phi) is 3.89. The Morgan fingerprint density at radius 1 is 1.22 bits per heavy atom. The van der Waals surface area contributed by atoms with Crippen molar-refractivity contribution in [3.8, 4) is 21.9 Å². The Morgan fingerprint density at radius 2 is 2.00 bits per heavy atom. The first-order valence-electron chi connectivity index (χ1n) is 5.72. The lowest BCUT2D eigenvalue weighted by molar-refractivity contribution is 0.355. The van der Waals surface area contributed by atoms with Crippen LogP contribution in [0.1, 0.15) is 18.5 Å². The third-order valence-corrected chi connectivity index (χ3v) is 3.72. The molecule has 1 atom stereocenters. The number of hydrogen-bond donors (Lipinski definition) is 1. The zero-order chi connectivity index (χ0) is 13.1. The first kappa shape index (κ1) is 12.9. The van der Waals surface area contributed by atoms with E-state index in [0.717, 1.165) is 27.5 Å². The maximum atomic E-state index is 5.96. The van der Waals surface area contributed by atoms with Gasteiger partial charge in [-0.05, 0) is 36.1 Å². The maximum Gasteiger partial charge on any atom is 0.169 e. The molecule has 4 heteroatoms. The standard InChI is InChI=1S/C14H17NO2S/c1-9(15)10-7-11(13-5-4-6-18-13)14(17-3)12(8-10)16-2/h4-9H,15H2,1-3H3. The second-order valence-electron chi connectivity index (χ2n) is 4.07. The quantitative estimate of drug-likeness (QED) is 0.918. The maximum absolute atomic E-state index is 5.96. The molecule has 0 spiro atoms. The van der Waals surface area contributed by atoms with Crippen LogP contribution in [0.2, 0.25) is 0 Å². The van der Waals surface area contributed by atoms with Crippen molar-refractivity contribution < 1.29 is 9.47 Å². The zero-order valence-corrected chi connectivity index (χ0v) is 11.6. The lowest BCUT2D eigenvalue weighted by Crippen LogP contribution is -2.06. The van der Waals surface area contributed by atoms with Crippen molar-refractivity contribution in [2.24, 2.45) is 5.73 Å². The van der Waals surface area contributed by atoms with Crippen LogP contribution in [-0.2, 0) is 0 Å². The summed E-state index contributed by atoms with van der Waals surface area (Å²) in [5, 5.41) is 2.04. The highest BCUT2D eigenvalue weighted by Gasteiger charge is 2.16. The molecule has 3 nitrogen and oxygen atoms in total. The van der Waals surface area contributed by atoms with Crippen molar-refractivity contribution in [3.63, 3.8) is 0 Å². The van der Waals surface area contributed by atoms with Crippen molar-refractivity contribution in [3.05, 3.63) is 35.2 Å². The van der Waals surface area contributed by atoms with Gasteiger partial charge in [-0.3, -0.25) is 0 Å². The molecule has 1 aromatic heterocycles. The number of hydrogen-bond acceptors (Lipinski definition) is 4. The molecule has 1 unspecified atom stereocenters. The summed E-state index contributed by atoms with van der Waals surface area (Å²) in [6, 6.07) is 8.04. The van der Waals surface area contributed by atoms with Crippen molar-refractivity contribution in [1.29, 1.82) is 0 Å². The zero-order valence-electron chi connectivity index (χ0n) is 10.8. The van der Waals surface area contributed by atoms with E-state index in [9.17, 15) is 0 Å². The smallest absolute Gasteiger partial charge is 0.169 e. The number of ether oxygens (including phenoxy) is 2. The highest BCUT2D eigenvalue weighted by atomic mass is 32.1. The van der Waals surface area contributed by atoms with E-state index in [1.54, 1.807) is 25.6 Å². The molecule has 1 aromatic carbocycles. The third kappa shape index (κ3) is 2.35. The fourth-order valence-corrected chi connectivity index (χ4v) is 2.60. The summed E-state index contributed by atoms with van der Waals surface area (Å²) in [7, 11) is 3.29. The normalized spacial score (nSPS) is 12.2. The summed E-state index contributed by atoms with van der Waals surface area (Å²) in [6.07, 6.45) is 0. The number of benzene rings is 1. The van der Waals surface area contributed by atoms with Crippen molar-refractivity contribution in [2.45, 2.75) is 13.0 Å². The Labute approximate surface area is 111 Å². The minimum absolute atomic E-state index is 0.0384. The molecule has 0 radical (unpaired) electrons. The summed E-state index contributed by atoms with van der Waals surface area (Å²) >= 11 is 1.67. The van der Waals surface area contributed by atoms with Crippen LogP contribution in [-0.4, -0.2) is 14.2 Å². The Morgan fingerprint density at radius 3 is 2.50 bits per heavy atom. The number of thiophene rings is 1. The molecule has 18 heavy (non-hydrogen) atoms. The van der Waals surface area contributed by atoms with E-state index in [2.05, 4.69) is 12.1 Å². The van der Waals surface area contributed by atoms with Gasteiger partial charge in [0.25, 0.3) is 0 Å². The average molecular weight is 263 g/mol. The van der Waals surface area contributed by atoms with Gasteiger partial charge in [0.1, 0.15) is 0 Å². The SMILES string of the molecule is COc1cc(C(C)N)cc(-c2cccs2)c1OC. The molecule has 0 saturated carbocycles. The highest BCUT2D eigenvalue weighted by Crippen LogP contribution is 2.41. The van der Waals surface area contributed by atoms with E-state index >= 15 is 0 Å². The lowest BCUT2D eigenvalue weighted by atomic mass is 10.0. The van der Waals surface area contributed by atoms with Gasteiger partial charge < -0.3 is 15.2 Å². The van der Waals surface area contributed by atoms with Crippen molar-refractivity contribution in [2.75, 3.05) is 14.2 Å². The van der Waals surface area contributed by atoms with Gasteiger partial charge in [0.15, 0.2) is 11.5 Å². The Balaban J connectivity index is 2.64. The first-order chi connectivity index (χ1) is 8.67. The van der Waals surface area contributed by atoms with Crippen molar-refractivity contribution >= 4 is 11.3 Å². The van der Waals surface area contributed by atoms with Crippen LogP contribution in [0, 0.1) is 0 Å². The van der Waals surface area contributed by atoms with Crippen LogP contribution in [0.3, 0.4) is 0 Å². The molecule has 0 amide bonds. The van der Waals surface area contributed by atoms with E-state index in [-0.39, 0.29) is 6.04 Å². The summed E-state index contributed by atoms with van der Waals surface area (Å²) in [5.74, 6) is 1.47. The van der Waals surface area contributed by atoms with Gasteiger partial charge in [-0.2, -0.15) is 0 Å². The monoisotopic (exact) mass is 263 g/mol. The summed E-state index contributed by atoms with van der Waals surface area (Å²) in [4.78, 5) is 1.15. The van der Waals surface area contributed by atoms with Gasteiger partial charge in [-0.25, -0.2) is 0 Å². The predicted octanol–water partition coefficient (Wildman–Crippen LogP) is 3.45. The molecule has 2 rings (SSSR count). The predicted molar refractivity (Wildman–Crippen MR) is 75.5 cm³/mol. The molecule has 2 aromatic rings. The third-order valence-electron chi connectivity index (χ3n) is 2.81. The van der Waals surface area contributed by atoms with Crippen LogP contribution in [0.15, 0.2) is 29.6 Å². The molecule has 0 aliphatic carbocycles. The first-order valence-corrected chi connectivity index (χ1v) is 6.60. The molecule has 1 heterocycles. The fraction of sp³-hybridized carbons (Fsp3) is 0.286. The summed E-state index contributed by atoms with van der Waals surface area (Å²) < 4.78 is 10.9. The van der Waals surface area contributed by atoms with Crippen LogP contribution in [0.25, 0.3) is 10.4 Å². The molecule has 2 N–H and O–H groups in total. The second-order valence-corrected chi connectivity index (χ2v) is 5.02. The summed E-state index contributed by atoms with van der Waals surface area (Å²) in [6.45, 7) is 1.96. The second kappa shape index (κ2) is 5.42. The molecule has 0 saturated heterocycles.